The number of sulfonamides is 1. The minimum absolute atomic E-state index is 0.168. The molecule has 1 atom stereocenters. The number of nitrogens with zero attached hydrogens (tertiary/aromatic N) is 1. The zero-order chi connectivity index (χ0) is 11.5. The second-order valence-electron chi connectivity index (χ2n) is 3.47. The molecule has 1 N–H and O–H groups in total. The number of thiazole rings is 1. The van der Waals surface area contributed by atoms with E-state index in [9.17, 15) is 8.42 Å². The first-order valence-corrected chi connectivity index (χ1v) is 7.34. The Hall–Kier alpha value is -0.460. The van der Waals surface area contributed by atoms with Crippen LogP contribution in [-0.2, 0) is 10.0 Å². The van der Waals surface area contributed by atoms with Crippen molar-refractivity contribution >= 4 is 21.4 Å². The third-order valence-corrected chi connectivity index (χ3v) is 4.59. The molecule has 6 heteroatoms. The van der Waals surface area contributed by atoms with E-state index in [1.807, 2.05) is 20.8 Å². The van der Waals surface area contributed by atoms with Gasteiger partial charge in [-0.1, -0.05) is 6.92 Å². The van der Waals surface area contributed by atoms with E-state index in [2.05, 4.69) is 9.71 Å². The van der Waals surface area contributed by atoms with Gasteiger partial charge in [-0.25, -0.2) is 18.1 Å². The van der Waals surface area contributed by atoms with Gasteiger partial charge in [-0.15, -0.1) is 11.3 Å². The van der Waals surface area contributed by atoms with E-state index in [-0.39, 0.29) is 11.8 Å². The van der Waals surface area contributed by atoms with E-state index >= 15 is 0 Å². The molecule has 0 fully saturated rings. The van der Waals surface area contributed by atoms with Gasteiger partial charge < -0.3 is 0 Å². The minimum Gasteiger partial charge on any atom is -0.248 e. The second-order valence-corrected chi connectivity index (χ2v) is 6.61. The standard InChI is InChI=1S/C9H16N2O2S2/c1-4-5-15(12,13)11-8(3)9-10-6-7(2)14-9/h6,8,11H,4-5H2,1-3H3. The number of hydrogen-bond donors (Lipinski definition) is 1. The van der Waals surface area contributed by atoms with Gasteiger partial charge in [-0.3, -0.25) is 0 Å². The number of aryl methyl sites for hydroxylation is 1. The predicted molar refractivity (Wildman–Crippen MR) is 62.5 cm³/mol. The van der Waals surface area contributed by atoms with Crippen LogP contribution in [0.2, 0.25) is 0 Å². The zero-order valence-electron chi connectivity index (χ0n) is 9.15. The third-order valence-electron chi connectivity index (χ3n) is 1.84. The summed E-state index contributed by atoms with van der Waals surface area (Å²) in [5.41, 5.74) is 0. The Balaban J connectivity index is 2.67. The quantitative estimate of drug-likeness (QED) is 0.865. The lowest BCUT2D eigenvalue weighted by Gasteiger charge is -2.10. The summed E-state index contributed by atoms with van der Waals surface area (Å²) in [6.07, 6.45) is 2.38. The van der Waals surface area contributed by atoms with Crippen LogP contribution in [0.4, 0.5) is 0 Å². The average Bonchev–Trinajstić information content (AvgIpc) is 2.50. The summed E-state index contributed by atoms with van der Waals surface area (Å²) in [7, 11) is -3.15. The molecule has 0 amide bonds. The van der Waals surface area contributed by atoms with Crippen LogP contribution >= 0.6 is 11.3 Å². The summed E-state index contributed by atoms with van der Waals surface area (Å²) in [4.78, 5) is 5.24. The van der Waals surface area contributed by atoms with E-state index in [0.717, 1.165) is 9.88 Å². The molecule has 0 saturated heterocycles. The lowest BCUT2D eigenvalue weighted by atomic mass is 10.4. The van der Waals surface area contributed by atoms with Crippen molar-refractivity contribution in [2.75, 3.05) is 5.75 Å². The smallest absolute Gasteiger partial charge is 0.212 e. The van der Waals surface area contributed by atoms with E-state index in [1.54, 1.807) is 6.20 Å². The Morgan fingerprint density at radius 1 is 1.60 bits per heavy atom. The van der Waals surface area contributed by atoms with Crippen LogP contribution in [0.15, 0.2) is 6.20 Å². The third kappa shape index (κ3) is 3.89. The second kappa shape index (κ2) is 5.05. The van der Waals surface area contributed by atoms with Crippen molar-refractivity contribution in [3.05, 3.63) is 16.1 Å². The summed E-state index contributed by atoms with van der Waals surface area (Å²) < 4.78 is 25.6. The van der Waals surface area contributed by atoms with Crippen LogP contribution in [-0.4, -0.2) is 19.2 Å². The van der Waals surface area contributed by atoms with Crippen LogP contribution in [0.3, 0.4) is 0 Å². The fourth-order valence-electron chi connectivity index (χ4n) is 1.22. The molecule has 1 heterocycles. The molecular formula is C9H16N2O2S2. The van der Waals surface area contributed by atoms with Gasteiger partial charge in [0.25, 0.3) is 0 Å². The maximum absolute atomic E-state index is 11.5. The van der Waals surface area contributed by atoms with E-state index in [0.29, 0.717) is 6.42 Å². The molecule has 0 aliphatic heterocycles. The summed E-state index contributed by atoms with van der Waals surface area (Å²) in [5, 5.41) is 0.812. The monoisotopic (exact) mass is 248 g/mol. The molecule has 1 rings (SSSR count). The molecule has 0 radical (unpaired) electrons. The Kier molecular flexibility index (Phi) is 4.24. The normalized spacial score (nSPS) is 14.1. The van der Waals surface area contributed by atoms with Crippen molar-refractivity contribution in [1.29, 1.82) is 0 Å². The Morgan fingerprint density at radius 2 is 2.27 bits per heavy atom. The van der Waals surface area contributed by atoms with Crippen LogP contribution in [0.5, 0.6) is 0 Å². The lowest BCUT2D eigenvalue weighted by molar-refractivity contribution is 0.565. The maximum Gasteiger partial charge on any atom is 0.212 e. The molecule has 1 unspecified atom stereocenters. The van der Waals surface area contributed by atoms with E-state index in [4.69, 9.17) is 0 Å². The summed E-state index contributed by atoms with van der Waals surface area (Å²) in [5.74, 6) is 0.168. The molecule has 4 nitrogen and oxygen atoms in total. The number of rotatable bonds is 5. The van der Waals surface area contributed by atoms with Gasteiger partial charge in [0.2, 0.25) is 10.0 Å². The number of nitrogens with one attached hydrogen (secondary N) is 1. The Labute approximate surface area is 94.8 Å². The van der Waals surface area contributed by atoms with Gasteiger partial charge in [0.15, 0.2) is 0 Å². The van der Waals surface area contributed by atoms with Gasteiger partial charge in [0.1, 0.15) is 5.01 Å². The van der Waals surface area contributed by atoms with Crippen LogP contribution < -0.4 is 4.72 Å². The first-order valence-electron chi connectivity index (χ1n) is 4.87. The highest BCUT2D eigenvalue weighted by atomic mass is 32.2. The largest absolute Gasteiger partial charge is 0.248 e. The lowest BCUT2D eigenvalue weighted by Crippen LogP contribution is -2.28. The van der Waals surface area contributed by atoms with Crippen LogP contribution in [0.1, 0.15) is 36.2 Å². The fraction of sp³-hybridized carbons (Fsp3) is 0.667. The first kappa shape index (κ1) is 12.6. The zero-order valence-corrected chi connectivity index (χ0v) is 10.8. The van der Waals surface area contributed by atoms with Crippen molar-refractivity contribution in [3.63, 3.8) is 0 Å². The summed E-state index contributed by atoms with van der Waals surface area (Å²) >= 11 is 1.52. The molecule has 0 spiro atoms. The Bertz CT molecular complexity index is 412. The highest BCUT2D eigenvalue weighted by Gasteiger charge is 2.16. The molecule has 1 aromatic heterocycles. The number of aromatic nitrogens is 1. The number of hydrogen-bond acceptors (Lipinski definition) is 4. The first-order chi connectivity index (χ1) is 6.94. The summed E-state index contributed by atoms with van der Waals surface area (Å²) in [6, 6.07) is -0.236. The van der Waals surface area contributed by atoms with Crippen molar-refractivity contribution in [2.45, 2.75) is 33.2 Å². The van der Waals surface area contributed by atoms with Gasteiger partial charge in [0.05, 0.1) is 11.8 Å². The van der Waals surface area contributed by atoms with Gasteiger partial charge in [-0.05, 0) is 20.3 Å². The predicted octanol–water partition coefficient (Wildman–Crippen LogP) is 1.84. The maximum atomic E-state index is 11.5. The molecule has 0 aromatic carbocycles. The van der Waals surface area contributed by atoms with Gasteiger partial charge in [-0.2, -0.15) is 0 Å². The molecule has 15 heavy (non-hydrogen) atoms. The molecule has 0 bridgehead atoms. The minimum atomic E-state index is -3.15. The van der Waals surface area contributed by atoms with E-state index < -0.39 is 10.0 Å². The Morgan fingerprint density at radius 3 is 2.73 bits per heavy atom. The topological polar surface area (TPSA) is 59.1 Å². The average molecular weight is 248 g/mol. The van der Waals surface area contributed by atoms with Crippen molar-refractivity contribution in [1.82, 2.24) is 9.71 Å². The van der Waals surface area contributed by atoms with Crippen LogP contribution in [0.25, 0.3) is 0 Å². The molecule has 0 aliphatic rings. The van der Waals surface area contributed by atoms with Crippen molar-refractivity contribution in [2.24, 2.45) is 0 Å². The highest BCUT2D eigenvalue weighted by Crippen LogP contribution is 2.19. The molecule has 0 aliphatic carbocycles. The van der Waals surface area contributed by atoms with Gasteiger partial charge in [0, 0.05) is 11.1 Å². The molecule has 0 saturated carbocycles. The van der Waals surface area contributed by atoms with E-state index in [1.165, 1.54) is 11.3 Å². The van der Waals surface area contributed by atoms with Crippen molar-refractivity contribution < 1.29 is 8.42 Å². The van der Waals surface area contributed by atoms with Gasteiger partial charge >= 0.3 is 0 Å². The fourth-order valence-corrected chi connectivity index (χ4v) is 3.38. The summed E-state index contributed by atoms with van der Waals surface area (Å²) in [6.45, 7) is 5.61. The van der Waals surface area contributed by atoms with Crippen molar-refractivity contribution in [3.8, 4) is 0 Å². The van der Waals surface area contributed by atoms with Crippen LogP contribution in [0, 0.1) is 6.92 Å². The SMILES string of the molecule is CCCS(=O)(=O)NC(C)c1ncc(C)s1. The molecular weight excluding hydrogens is 232 g/mol. The molecule has 1 aromatic rings. The highest BCUT2D eigenvalue weighted by molar-refractivity contribution is 7.89. The molecule has 86 valence electrons.